The summed E-state index contributed by atoms with van der Waals surface area (Å²) in [5.41, 5.74) is 1.98. The zero-order valence-corrected chi connectivity index (χ0v) is 16.7. The molecule has 2 unspecified atom stereocenters. The highest BCUT2D eigenvalue weighted by Crippen LogP contribution is 2.39. The van der Waals surface area contributed by atoms with Crippen molar-refractivity contribution in [3.8, 4) is 5.75 Å². The van der Waals surface area contributed by atoms with Crippen LogP contribution in [-0.4, -0.2) is 35.7 Å². The highest BCUT2D eigenvalue weighted by molar-refractivity contribution is 6.31. The van der Waals surface area contributed by atoms with Gasteiger partial charge in [-0.05, 0) is 62.2 Å². The van der Waals surface area contributed by atoms with Gasteiger partial charge in [0, 0.05) is 22.2 Å². The summed E-state index contributed by atoms with van der Waals surface area (Å²) < 4.78 is 5.86. The van der Waals surface area contributed by atoms with Crippen molar-refractivity contribution in [1.29, 1.82) is 0 Å². The predicted octanol–water partition coefficient (Wildman–Crippen LogP) is 5.28. The first kappa shape index (κ1) is 20.0. The second kappa shape index (κ2) is 8.96. The van der Waals surface area contributed by atoms with E-state index >= 15 is 0 Å². The van der Waals surface area contributed by atoms with Crippen LogP contribution in [0.5, 0.6) is 5.75 Å². The Morgan fingerprint density at radius 2 is 1.93 bits per heavy atom. The predicted molar refractivity (Wildman–Crippen MR) is 108 cm³/mol. The Morgan fingerprint density at radius 3 is 2.59 bits per heavy atom. The summed E-state index contributed by atoms with van der Waals surface area (Å²) in [5.74, 6) is -0.353. The van der Waals surface area contributed by atoms with E-state index in [1.165, 1.54) is 0 Å². The van der Waals surface area contributed by atoms with Gasteiger partial charge in [-0.25, -0.2) is 0 Å². The summed E-state index contributed by atoms with van der Waals surface area (Å²) in [5, 5.41) is 10.8. The van der Waals surface area contributed by atoms with Crippen molar-refractivity contribution in [1.82, 2.24) is 4.90 Å². The normalized spacial score (nSPS) is 18.9. The molecule has 0 saturated carbocycles. The summed E-state index contributed by atoms with van der Waals surface area (Å²) in [6, 6.07) is 13.1. The number of hydrogen-bond acceptors (Lipinski definition) is 3. The van der Waals surface area contributed by atoms with Crippen LogP contribution in [0, 0.1) is 5.92 Å². The second-order valence-corrected chi connectivity index (χ2v) is 7.61. The molecule has 1 N–H and O–H groups in total. The quantitative estimate of drug-likeness (QED) is 0.707. The fourth-order valence-electron chi connectivity index (χ4n) is 3.69. The molecule has 1 fully saturated rings. The zero-order chi connectivity index (χ0) is 19.4. The fraction of sp³-hybridized carbons (Fsp3) is 0.381. The largest absolute Gasteiger partial charge is 0.494 e. The number of piperidine rings is 1. The van der Waals surface area contributed by atoms with Crippen LogP contribution in [0.15, 0.2) is 42.5 Å². The first-order valence-corrected chi connectivity index (χ1v) is 9.89. The van der Waals surface area contributed by atoms with Crippen molar-refractivity contribution in [2.24, 2.45) is 5.92 Å². The number of aliphatic carboxylic acids is 1. The fourth-order valence-corrected chi connectivity index (χ4v) is 4.00. The number of carbonyl (C=O) groups is 1. The minimum absolute atomic E-state index is 0.148. The molecular weight excluding hydrogens is 385 g/mol. The Kier molecular flexibility index (Phi) is 6.64. The third kappa shape index (κ3) is 4.75. The van der Waals surface area contributed by atoms with Crippen molar-refractivity contribution >= 4 is 29.2 Å². The lowest BCUT2D eigenvalue weighted by molar-refractivity contribution is -0.143. The number of nitrogens with zero attached hydrogens (tertiary/aromatic N) is 1. The minimum atomic E-state index is -0.745. The smallest absolute Gasteiger partial charge is 0.307 e. The summed E-state index contributed by atoms with van der Waals surface area (Å²) in [6.07, 6.45) is 1.54. The summed E-state index contributed by atoms with van der Waals surface area (Å²) in [6.45, 7) is 3.78. The molecule has 27 heavy (non-hydrogen) atoms. The zero-order valence-electron chi connectivity index (χ0n) is 15.2. The second-order valence-electron chi connectivity index (χ2n) is 6.74. The monoisotopic (exact) mass is 407 g/mol. The van der Waals surface area contributed by atoms with E-state index in [1.807, 2.05) is 49.4 Å². The van der Waals surface area contributed by atoms with E-state index in [0.717, 1.165) is 29.8 Å². The molecule has 2 aromatic rings. The molecule has 1 aliphatic heterocycles. The minimum Gasteiger partial charge on any atom is -0.494 e. The first-order chi connectivity index (χ1) is 13.0. The van der Waals surface area contributed by atoms with E-state index in [2.05, 4.69) is 4.90 Å². The summed E-state index contributed by atoms with van der Waals surface area (Å²) >= 11 is 12.4. The van der Waals surface area contributed by atoms with Gasteiger partial charge in [-0.1, -0.05) is 35.3 Å². The van der Waals surface area contributed by atoms with E-state index in [0.29, 0.717) is 29.6 Å². The first-order valence-electron chi connectivity index (χ1n) is 9.14. The molecule has 144 valence electrons. The van der Waals surface area contributed by atoms with E-state index < -0.39 is 5.97 Å². The molecule has 2 atom stereocenters. The number of ether oxygens (including phenoxy) is 1. The van der Waals surface area contributed by atoms with Gasteiger partial charge < -0.3 is 9.84 Å². The van der Waals surface area contributed by atoms with Crippen LogP contribution in [0.25, 0.3) is 0 Å². The van der Waals surface area contributed by atoms with E-state index in [1.54, 1.807) is 0 Å². The highest BCUT2D eigenvalue weighted by atomic mass is 35.5. The Hall–Kier alpha value is -1.75. The third-order valence-electron chi connectivity index (χ3n) is 4.92. The van der Waals surface area contributed by atoms with Crippen molar-refractivity contribution in [3.05, 3.63) is 63.6 Å². The van der Waals surface area contributed by atoms with Gasteiger partial charge in [0.15, 0.2) is 0 Å². The molecule has 0 radical (unpaired) electrons. The Balaban J connectivity index is 2.07. The number of likely N-dealkylation sites (tertiary alicyclic amines) is 1. The lowest BCUT2D eigenvalue weighted by Crippen LogP contribution is -2.41. The highest BCUT2D eigenvalue weighted by Gasteiger charge is 2.32. The van der Waals surface area contributed by atoms with Crippen LogP contribution in [0.2, 0.25) is 10.0 Å². The van der Waals surface area contributed by atoms with Gasteiger partial charge in [0.05, 0.1) is 18.6 Å². The van der Waals surface area contributed by atoms with E-state index in [4.69, 9.17) is 27.9 Å². The molecule has 0 bridgehead atoms. The molecule has 4 nitrogen and oxygen atoms in total. The molecule has 1 heterocycles. The van der Waals surface area contributed by atoms with Gasteiger partial charge in [0.1, 0.15) is 5.75 Å². The van der Waals surface area contributed by atoms with Crippen LogP contribution in [0.1, 0.15) is 36.9 Å². The van der Waals surface area contributed by atoms with Crippen LogP contribution < -0.4 is 4.74 Å². The average molecular weight is 408 g/mol. The third-order valence-corrected chi connectivity index (χ3v) is 5.41. The average Bonchev–Trinajstić information content (AvgIpc) is 2.66. The molecule has 3 rings (SSSR count). The molecule has 0 amide bonds. The standard InChI is InChI=1S/C21H23Cl2NO3/c1-2-27-19-10-9-17(23)12-18(19)20(14-5-7-16(22)8-6-14)24-11-3-4-15(13-24)21(25)26/h5-10,12,15,20H,2-4,11,13H2,1H3,(H,25,26). The van der Waals surface area contributed by atoms with E-state index in [-0.39, 0.29) is 12.0 Å². The SMILES string of the molecule is CCOc1ccc(Cl)cc1C(c1ccc(Cl)cc1)N1CCCC(C(=O)O)C1. The van der Waals surface area contributed by atoms with Gasteiger partial charge in [0.2, 0.25) is 0 Å². The molecule has 6 heteroatoms. The Labute approximate surface area is 169 Å². The maximum absolute atomic E-state index is 11.6. The summed E-state index contributed by atoms with van der Waals surface area (Å²) in [4.78, 5) is 13.8. The lowest BCUT2D eigenvalue weighted by atomic mass is 9.91. The van der Waals surface area contributed by atoms with Gasteiger partial charge in [-0.2, -0.15) is 0 Å². The van der Waals surface area contributed by atoms with Gasteiger partial charge in [0.25, 0.3) is 0 Å². The van der Waals surface area contributed by atoms with Crippen molar-refractivity contribution in [2.75, 3.05) is 19.7 Å². The Morgan fingerprint density at radius 1 is 1.22 bits per heavy atom. The molecule has 1 saturated heterocycles. The molecule has 0 spiro atoms. The van der Waals surface area contributed by atoms with Gasteiger partial charge in [-0.15, -0.1) is 0 Å². The maximum Gasteiger partial charge on any atom is 0.307 e. The van der Waals surface area contributed by atoms with Crippen molar-refractivity contribution in [3.63, 3.8) is 0 Å². The number of halogens is 2. The van der Waals surface area contributed by atoms with E-state index in [9.17, 15) is 9.90 Å². The maximum atomic E-state index is 11.6. The van der Waals surface area contributed by atoms with Crippen LogP contribution in [-0.2, 0) is 4.79 Å². The number of carboxylic acid groups (broad SMARTS) is 1. The van der Waals surface area contributed by atoms with Crippen molar-refractivity contribution in [2.45, 2.75) is 25.8 Å². The summed E-state index contributed by atoms with van der Waals surface area (Å²) in [7, 11) is 0. The number of rotatable bonds is 6. The number of benzene rings is 2. The molecule has 2 aromatic carbocycles. The van der Waals surface area contributed by atoms with Crippen molar-refractivity contribution < 1.29 is 14.6 Å². The molecule has 0 aliphatic carbocycles. The van der Waals surface area contributed by atoms with Gasteiger partial charge in [-0.3, -0.25) is 9.69 Å². The van der Waals surface area contributed by atoms with Gasteiger partial charge >= 0.3 is 5.97 Å². The number of hydrogen-bond donors (Lipinski definition) is 1. The molecular formula is C21H23Cl2NO3. The number of carboxylic acids is 1. The molecule has 0 aromatic heterocycles. The van der Waals surface area contributed by atoms with Crippen LogP contribution in [0.3, 0.4) is 0 Å². The van der Waals surface area contributed by atoms with Crippen LogP contribution in [0.4, 0.5) is 0 Å². The Bertz CT molecular complexity index is 795. The lowest BCUT2D eigenvalue weighted by Gasteiger charge is -2.38. The molecule has 1 aliphatic rings. The topological polar surface area (TPSA) is 49.8 Å². The van der Waals surface area contributed by atoms with Crippen LogP contribution >= 0.6 is 23.2 Å².